The molecule has 86 valence electrons. The lowest BCUT2D eigenvalue weighted by Crippen LogP contribution is -2.28. The predicted molar refractivity (Wildman–Crippen MR) is 64.1 cm³/mol. The normalized spacial score (nSPS) is 14.4. The molecule has 6 heteroatoms. The van der Waals surface area contributed by atoms with Crippen molar-refractivity contribution in [3.8, 4) is 17.5 Å². The zero-order valence-electron chi connectivity index (χ0n) is 8.90. The monoisotopic (exact) mass is 292 g/mol. The second-order valence-electron chi connectivity index (χ2n) is 3.77. The van der Waals surface area contributed by atoms with Gasteiger partial charge in [-0.1, -0.05) is 0 Å². The van der Waals surface area contributed by atoms with Crippen molar-refractivity contribution in [2.75, 3.05) is 6.54 Å². The molecule has 0 saturated heterocycles. The first kappa shape index (κ1) is 10.6. The highest BCUT2D eigenvalue weighted by atomic mass is 79.9. The van der Waals surface area contributed by atoms with E-state index in [0.717, 1.165) is 24.6 Å². The molecular formula is C11H9BrN4O. The van der Waals surface area contributed by atoms with Crippen LogP contribution in [0.15, 0.2) is 21.2 Å². The summed E-state index contributed by atoms with van der Waals surface area (Å²) in [5.41, 5.74) is 1.19. The molecule has 0 atom stereocenters. The quantitative estimate of drug-likeness (QED) is 0.871. The molecule has 0 bridgehead atoms. The highest BCUT2D eigenvalue weighted by molar-refractivity contribution is 9.10. The Hall–Kier alpha value is -1.58. The van der Waals surface area contributed by atoms with E-state index < -0.39 is 0 Å². The number of imidazole rings is 1. The first-order valence-corrected chi connectivity index (χ1v) is 6.05. The lowest BCUT2D eigenvalue weighted by molar-refractivity contribution is 0.497. The fourth-order valence-electron chi connectivity index (χ4n) is 2.04. The molecule has 3 heterocycles. The van der Waals surface area contributed by atoms with Crippen molar-refractivity contribution in [3.05, 3.63) is 28.3 Å². The first-order valence-electron chi connectivity index (χ1n) is 5.25. The number of halogens is 1. The summed E-state index contributed by atoms with van der Waals surface area (Å²) in [6.45, 7) is 2.37. The van der Waals surface area contributed by atoms with Gasteiger partial charge < -0.3 is 14.3 Å². The number of nitriles is 1. The molecule has 2 aromatic rings. The molecule has 0 aromatic carbocycles. The summed E-state index contributed by atoms with van der Waals surface area (Å²) < 4.78 is 8.22. The van der Waals surface area contributed by atoms with E-state index in [1.807, 2.05) is 16.7 Å². The van der Waals surface area contributed by atoms with Crippen LogP contribution < -0.4 is 5.32 Å². The van der Waals surface area contributed by atoms with Crippen molar-refractivity contribution in [1.82, 2.24) is 14.9 Å². The van der Waals surface area contributed by atoms with Crippen molar-refractivity contribution in [2.45, 2.75) is 13.1 Å². The van der Waals surface area contributed by atoms with Crippen LogP contribution in [0.25, 0.3) is 11.5 Å². The van der Waals surface area contributed by atoms with Gasteiger partial charge in [0, 0.05) is 13.1 Å². The third-order valence-corrected chi connectivity index (χ3v) is 3.18. The largest absolute Gasteiger partial charge is 0.448 e. The Kier molecular flexibility index (Phi) is 2.50. The van der Waals surface area contributed by atoms with Crippen LogP contribution in [0.5, 0.6) is 0 Å². The molecular weight excluding hydrogens is 284 g/mol. The summed E-state index contributed by atoms with van der Waals surface area (Å²) in [6, 6.07) is 5.79. The molecule has 0 aliphatic carbocycles. The lowest BCUT2D eigenvalue weighted by Gasteiger charge is -2.16. The molecule has 17 heavy (non-hydrogen) atoms. The molecule has 5 nitrogen and oxygen atoms in total. The number of fused-ring (bicyclic) bond motifs is 1. The third-order valence-electron chi connectivity index (χ3n) is 2.75. The van der Waals surface area contributed by atoms with Crippen LogP contribution in [0.1, 0.15) is 11.5 Å². The fourth-order valence-corrected chi connectivity index (χ4v) is 2.34. The molecule has 2 aromatic heterocycles. The molecule has 0 saturated carbocycles. The van der Waals surface area contributed by atoms with Crippen molar-refractivity contribution in [1.29, 1.82) is 5.26 Å². The topological polar surface area (TPSA) is 66.8 Å². The van der Waals surface area contributed by atoms with Crippen molar-refractivity contribution >= 4 is 15.9 Å². The average molecular weight is 293 g/mol. The molecule has 1 aliphatic rings. The van der Waals surface area contributed by atoms with Gasteiger partial charge in [0.05, 0.1) is 6.54 Å². The summed E-state index contributed by atoms with van der Waals surface area (Å²) in [7, 11) is 0. The van der Waals surface area contributed by atoms with Crippen LogP contribution in [0.4, 0.5) is 0 Å². The van der Waals surface area contributed by atoms with Gasteiger partial charge in [-0.05, 0) is 28.1 Å². The van der Waals surface area contributed by atoms with Gasteiger partial charge in [0.1, 0.15) is 17.6 Å². The van der Waals surface area contributed by atoms with E-state index in [2.05, 4.69) is 32.3 Å². The van der Waals surface area contributed by atoms with E-state index >= 15 is 0 Å². The van der Waals surface area contributed by atoms with Crippen molar-refractivity contribution in [2.24, 2.45) is 0 Å². The second-order valence-corrected chi connectivity index (χ2v) is 4.55. The van der Waals surface area contributed by atoms with Crippen molar-refractivity contribution < 1.29 is 4.42 Å². The molecule has 0 fully saturated rings. The maximum Gasteiger partial charge on any atom is 0.170 e. The summed E-state index contributed by atoms with van der Waals surface area (Å²) in [5.74, 6) is 1.56. The van der Waals surface area contributed by atoms with Gasteiger partial charge in [0.2, 0.25) is 0 Å². The van der Waals surface area contributed by atoms with E-state index in [1.54, 1.807) is 0 Å². The number of nitrogens with one attached hydrogen (secondary N) is 1. The van der Waals surface area contributed by atoms with Crippen molar-refractivity contribution in [3.63, 3.8) is 0 Å². The minimum atomic E-state index is 0.422. The summed E-state index contributed by atoms with van der Waals surface area (Å²) in [6.07, 6.45) is 0. The Bertz CT molecular complexity index is 608. The SMILES string of the molecule is N#Cc1nc2n(c1-c1ccc(Br)o1)CCNC2. The highest BCUT2D eigenvalue weighted by Crippen LogP contribution is 2.29. The van der Waals surface area contributed by atoms with Crippen LogP contribution in [-0.2, 0) is 13.1 Å². The van der Waals surface area contributed by atoms with E-state index in [4.69, 9.17) is 9.68 Å². The Labute approximate surface area is 106 Å². The van der Waals surface area contributed by atoms with E-state index in [0.29, 0.717) is 22.7 Å². The fraction of sp³-hybridized carbons (Fsp3) is 0.273. The van der Waals surface area contributed by atoms with Gasteiger partial charge in [-0.25, -0.2) is 4.98 Å². The predicted octanol–water partition coefficient (Wildman–Crippen LogP) is 1.88. The van der Waals surface area contributed by atoms with Gasteiger partial charge in [-0.15, -0.1) is 0 Å². The third kappa shape index (κ3) is 1.68. The Morgan fingerprint density at radius 2 is 2.41 bits per heavy atom. The maximum atomic E-state index is 9.14. The Morgan fingerprint density at radius 1 is 1.53 bits per heavy atom. The zero-order valence-corrected chi connectivity index (χ0v) is 10.5. The van der Waals surface area contributed by atoms with Gasteiger partial charge in [-0.2, -0.15) is 5.26 Å². The minimum Gasteiger partial charge on any atom is -0.448 e. The lowest BCUT2D eigenvalue weighted by atomic mass is 10.2. The Balaban J connectivity index is 2.21. The summed E-state index contributed by atoms with van der Waals surface area (Å²) in [4.78, 5) is 4.32. The number of furan rings is 1. The van der Waals surface area contributed by atoms with Gasteiger partial charge in [0.15, 0.2) is 16.1 Å². The van der Waals surface area contributed by atoms with E-state index in [9.17, 15) is 0 Å². The molecule has 0 amide bonds. The second kappa shape index (κ2) is 4.02. The van der Waals surface area contributed by atoms with Gasteiger partial charge in [0.25, 0.3) is 0 Å². The van der Waals surface area contributed by atoms with Crippen LogP contribution >= 0.6 is 15.9 Å². The minimum absolute atomic E-state index is 0.422. The van der Waals surface area contributed by atoms with Gasteiger partial charge >= 0.3 is 0 Å². The average Bonchev–Trinajstić information content (AvgIpc) is 2.91. The van der Waals surface area contributed by atoms with Crippen LogP contribution in [0.3, 0.4) is 0 Å². The number of rotatable bonds is 1. The van der Waals surface area contributed by atoms with Crippen LogP contribution in [0, 0.1) is 11.3 Å². The van der Waals surface area contributed by atoms with Gasteiger partial charge in [-0.3, -0.25) is 0 Å². The summed E-state index contributed by atoms with van der Waals surface area (Å²) >= 11 is 3.27. The molecule has 1 aliphatic heterocycles. The Morgan fingerprint density at radius 3 is 3.12 bits per heavy atom. The van der Waals surface area contributed by atoms with E-state index in [-0.39, 0.29) is 0 Å². The molecule has 3 rings (SSSR count). The maximum absolute atomic E-state index is 9.14. The highest BCUT2D eigenvalue weighted by Gasteiger charge is 2.22. The molecule has 0 unspecified atom stereocenters. The zero-order chi connectivity index (χ0) is 11.8. The molecule has 1 N–H and O–H groups in total. The number of hydrogen-bond acceptors (Lipinski definition) is 4. The standard InChI is InChI=1S/C11H9BrN4O/c12-9-2-1-8(17-9)11-7(5-13)15-10-6-14-3-4-16(10)11/h1-2,14H,3-4,6H2. The first-order chi connectivity index (χ1) is 8.29. The molecule has 0 spiro atoms. The molecule has 0 radical (unpaired) electrons. The van der Waals surface area contributed by atoms with Crippen LogP contribution in [-0.4, -0.2) is 16.1 Å². The van der Waals surface area contributed by atoms with Crippen LogP contribution in [0.2, 0.25) is 0 Å². The van der Waals surface area contributed by atoms with E-state index in [1.165, 1.54) is 0 Å². The summed E-state index contributed by atoms with van der Waals surface area (Å²) in [5, 5.41) is 12.4. The number of hydrogen-bond donors (Lipinski definition) is 1. The number of nitrogens with zero attached hydrogens (tertiary/aromatic N) is 3. The smallest absolute Gasteiger partial charge is 0.170 e. The number of aromatic nitrogens is 2.